The summed E-state index contributed by atoms with van der Waals surface area (Å²) in [7, 11) is -16.8. The van der Waals surface area contributed by atoms with Crippen LogP contribution in [0.1, 0.15) is 6.23 Å². The number of ether oxygens (including phenoxy) is 1. The largest absolute Gasteiger partial charge is 0.490 e. The van der Waals surface area contributed by atoms with Crippen molar-refractivity contribution >= 4 is 52.1 Å². The number of imidazole rings is 1. The highest BCUT2D eigenvalue weighted by Gasteiger charge is 2.47. The van der Waals surface area contributed by atoms with E-state index >= 15 is 0 Å². The third kappa shape index (κ3) is 5.70. The Bertz CT molecular complexity index is 1160. The van der Waals surface area contributed by atoms with Crippen molar-refractivity contribution < 1.29 is 61.4 Å². The van der Waals surface area contributed by atoms with Crippen LogP contribution in [0.15, 0.2) is 6.33 Å². The van der Waals surface area contributed by atoms with Gasteiger partial charge in [0.05, 0.1) is 6.61 Å². The van der Waals surface area contributed by atoms with Gasteiger partial charge < -0.3 is 40.3 Å². The Balaban J connectivity index is 1.73. The zero-order chi connectivity index (χ0) is 24.1. The van der Waals surface area contributed by atoms with Gasteiger partial charge in [0.2, 0.25) is 5.28 Å². The van der Waals surface area contributed by atoms with Crippen LogP contribution in [0.2, 0.25) is 5.28 Å². The number of nitrogens with zero attached hydrogens (tertiary/aromatic N) is 4. The lowest BCUT2D eigenvalue weighted by molar-refractivity contribution is -0.0501. The van der Waals surface area contributed by atoms with Crippen molar-refractivity contribution in [2.24, 2.45) is 0 Å². The summed E-state index contributed by atoms with van der Waals surface area (Å²) in [5.74, 6) is -0.0344. The predicted molar refractivity (Wildman–Crippen MR) is 100 cm³/mol. The molecule has 0 radical (unpaired) electrons. The fraction of sp³-hybridized carbons (Fsp3) is 0.500. The minimum atomic E-state index is -5.72. The maximum atomic E-state index is 11.8. The fourth-order valence-corrected chi connectivity index (χ4v) is 5.97. The number of nitrogen functional groups attached to an aromatic ring is 1. The number of anilines is 1. The molecule has 1 saturated heterocycles. The van der Waals surface area contributed by atoms with Crippen LogP contribution < -0.4 is 5.73 Å². The van der Waals surface area contributed by atoms with E-state index in [1.54, 1.807) is 0 Å². The smallest absolute Gasteiger partial charge is 0.387 e. The lowest BCUT2D eigenvalue weighted by Gasteiger charge is -2.19. The van der Waals surface area contributed by atoms with Gasteiger partial charge in [0.15, 0.2) is 23.2 Å². The van der Waals surface area contributed by atoms with Crippen molar-refractivity contribution in [3.05, 3.63) is 11.6 Å². The van der Waals surface area contributed by atoms with E-state index in [1.807, 2.05) is 0 Å². The molecule has 1 fully saturated rings. The van der Waals surface area contributed by atoms with Gasteiger partial charge in [-0.3, -0.25) is 9.09 Å². The molecule has 0 bridgehead atoms. The number of hydrogen-bond donors (Lipinski definition) is 7. The molecule has 180 valence electrons. The molecule has 1 aliphatic rings. The van der Waals surface area contributed by atoms with E-state index in [9.17, 15) is 28.8 Å². The second-order valence-corrected chi connectivity index (χ2v) is 10.9. The molecule has 2 unspecified atom stereocenters. The Morgan fingerprint density at radius 2 is 1.75 bits per heavy atom. The van der Waals surface area contributed by atoms with Gasteiger partial charge >= 0.3 is 23.5 Å². The molecule has 0 aliphatic carbocycles. The number of phosphoric ester groups is 1. The van der Waals surface area contributed by atoms with Crippen molar-refractivity contribution in [2.45, 2.75) is 24.5 Å². The van der Waals surface area contributed by atoms with Crippen LogP contribution in [0.4, 0.5) is 5.82 Å². The molecule has 3 rings (SSSR count). The standard InChI is InChI=1S/C10H15ClN5O13P3/c11-10-15-4-7(12)13-2-14-8(4)16(10)9-6(18)5(17)3(27-9)1-26-31(22,23)29-32(24,25)28-30(19,20)21/h2-3,5-6,9,17-18H,1H2,(H,22,23)(H,24,25)(H2,12,13,14)(H2,19,20,21)/t3-,5-,6-,9-/m1/s1. The summed E-state index contributed by atoms with van der Waals surface area (Å²) in [4.78, 5) is 47.2. The number of nitrogens with two attached hydrogens (primary N) is 1. The number of fused-ring (bicyclic) bond motifs is 1. The predicted octanol–water partition coefficient (Wildman–Crippen LogP) is -0.976. The minimum absolute atomic E-state index is 0.0344. The summed E-state index contributed by atoms with van der Waals surface area (Å²) in [5, 5.41) is 20.3. The summed E-state index contributed by atoms with van der Waals surface area (Å²) in [6, 6.07) is 0. The summed E-state index contributed by atoms with van der Waals surface area (Å²) in [6.07, 6.45) is -5.29. The fourth-order valence-electron chi connectivity index (χ4n) is 2.68. The molecule has 2 aromatic heterocycles. The van der Waals surface area contributed by atoms with Gasteiger partial charge in [-0.25, -0.2) is 28.6 Å². The maximum absolute atomic E-state index is 11.8. The second-order valence-electron chi connectivity index (χ2n) is 6.11. The zero-order valence-corrected chi connectivity index (χ0v) is 18.7. The van der Waals surface area contributed by atoms with E-state index in [4.69, 9.17) is 36.8 Å². The van der Waals surface area contributed by atoms with E-state index < -0.39 is 54.6 Å². The van der Waals surface area contributed by atoms with E-state index in [0.29, 0.717) is 0 Å². The summed E-state index contributed by atoms with van der Waals surface area (Å²) in [6.45, 7) is -1.00. The molecule has 1 aliphatic heterocycles. The highest BCUT2D eigenvalue weighted by molar-refractivity contribution is 7.66. The lowest BCUT2D eigenvalue weighted by Crippen LogP contribution is -2.33. The first-order chi connectivity index (χ1) is 14.6. The monoisotopic (exact) mass is 541 g/mol. The summed E-state index contributed by atoms with van der Waals surface area (Å²) >= 11 is 6.04. The molecule has 0 spiro atoms. The molecule has 22 heteroatoms. The van der Waals surface area contributed by atoms with Crippen molar-refractivity contribution in [2.75, 3.05) is 12.3 Å². The summed E-state index contributed by atoms with van der Waals surface area (Å²) < 4.78 is 51.8. The Hall–Kier alpha value is -1.07. The highest BCUT2D eigenvalue weighted by Crippen LogP contribution is 2.66. The molecule has 6 atom stereocenters. The number of phosphoric acid groups is 3. The number of halogens is 1. The van der Waals surface area contributed by atoms with Gasteiger partial charge in [-0.15, -0.1) is 0 Å². The molecular weight excluding hydrogens is 527 g/mol. The number of rotatable bonds is 8. The average molecular weight is 542 g/mol. The number of aromatic nitrogens is 4. The van der Waals surface area contributed by atoms with Gasteiger partial charge in [-0.2, -0.15) is 8.62 Å². The van der Waals surface area contributed by atoms with E-state index in [1.165, 1.54) is 0 Å². The molecule has 8 N–H and O–H groups in total. The first-order valence-electron chi connectivity index (χ1n) is 8.04. The molecule has 18 nitrogen and oxygen atoms in total. The van der Waals surface area contributed by atoms with E-state index in [-0.39, 0.29) is 22.3 Å². The Morgan fingerprint density at radius 1 is 1.09 bits per heavy atom. The molecule has 32 heavy (non-hydrogen) atoms. The van der Waals surface area contributed by atoms with Crippen LogP contribution in [-0.2, 0) is 31.6 Å². The normalized spacial score (nSPS) is 28.0. The minimum Gasteiger partial charge on any atom is -0.387 e. The Morgan fingerprint density at radius 3 is 2.38 bits per heavy atom. The third-order valence-electron chi connectivity index (χ3n) is 3.87. The Kier molecular flexibility index (Phi) is 7.14. The van der Waals surface area contributed by atoms with Crippen molar-refractivity contribution in [3.8, 4) is 0 Å². The first kappa shape index (κ1) is 25.6. The van der Waals surface area contributed by atoms with Gasteiger partial charge in [-0.05, 0) is 11.6 Å². The van der Waals surface area contributed by atoms with Crippen LogP contribution in [0.25, 0.3) is 11.2 Å². The molecular formula is C10H15ClN5O13P3. The topological polar surface area (TPSA) is 279 Å². The Labute approximate surface area is 182 Å². The van der Waals surface area contributed by atoms with Crippen molar-refractivity contribution in [1.29, 1.82) is 0 Å². The van der Waals surface area contributed by atoms with Crippen molar-refractivity contribution in [1.82, 2.24) is 19.5 Å². The van der Waals surface area contributed by atoms with Gasteiger partial charge in [0, 0.05) is 0 Å². The van der Waals surface area contributed by atoms with E-state index in [0.717, 1.165) is 10.9 Å². The molecule has 0 saturated carbocycles. The second kappa shape index (κ2) is 8.94. The van der Waals surface area contributed by atoms with Gasteiger partial charge in [-0.1, -0.05) is 0 Å². The van der Waals surface area contributed by atoms with Crippen molar-refractivity contribution in [3.63, 3.8) is 0 Å². The number of aliphatic hydroxyl groups excluding tert-OH is 2. The average Bonchev–Trinajstić information content (AvgIpc) is 3.08. The molecule has 3 heterocycles. The number of hydrogen-bond acceptors (Lipinski definition) is 13. The maximum Gasteiger partial charge on any atom is 0.490 e. The SMILES string of the molecule is Nc1ncnc2c1nc(Cl)n2[C@@H]1O[C@H](COP(=O)(O)OP(=O)(O)OP(=O)(O)O)[C@@H](O)[C@H]1O. The van der Waals surface area contributed by atoms with Crippen LogP contribution in [-0.4, -0.2) is 74.2 Å². The zero-order valence-electron chi connectivity index (χ0n) is 15.2. The quantitative estimate of drug-likeness (QED) is 0.156. The van der Waals surface area contributed by atoms with Crippen LogP contribution in [0.5, 0.6) is 0 Å². The molecule has 0 amide bonds. The highest BCUT2D eigenvalue weighted by atomic mass is 35.5. The van der Waals surface area contributed by atoms with Crippen LogP contribution >= 0.6 is 35.1 Å². The van der Waals surface area contributed by atoms with Crippen LogP contribution in [0.3, 0.4) is 0 Å². The van der Waals surface area contributed by atoms with Gasteiger partial charge in [0.1, 0.15) is 24.6 Å². The molecule has 2 aromatic rings. The third-order valence-corrected chi connectivity index (χ3v) is 7.94. The lowest BCUT2D eigenvalue weighted by atomic mass is 10.1. The molecule has 0 aromatic carbocycles. The first-order valence-corrected chi connectivity index (χ1v) is 12.9. The van der Waals surface area contributed by atoms with Gasteiger partial charge in [0.25, 0.3) is 0 Å². The van der Waals surface area contributed by atoms with E-state index in [2.05, 4.69) is 28.1 Å². The number of aliphatic hydroxyl groups is 2. The summed E-state index contributed by atoms with van der Waals surface area (Å²) in [5.41, 5.74) is 5.78. The van der Waals surface area contributed by atoms with Crippen LogP contribution in [0, 0.1) is 0 Å².